The van der Waals surface area contributed by atoms with Crippen LogP contribution in [0.5, 0.6) is 0 Å². The van der Waals surface area contributed by atoms with Gasteiger partial charge in [-0.1, -0.05) is 13.8 Å². The van der Waals surface area contributed by atoms with E-state index in [1.165, 1.54) is 4.90 Å². The number of hydrogen-bond donors (Lipinski definition) is 3. The lowest BCUT2D eigenvalue weighted by molar-refractivity contribution is -0.140. The van der Waals surface area contributed by atoms with Crippen LogP contribution in [-0.2, 0) is 9.36 Å². The summed E-state index contributed by atoms with van der Waals surface area (Å²) in [5.41, 5.74) is 0. The summed E-state index contributed by atoms with van der Waals surface area (Å²) >= 11 is 0. The highest BCUT2D eigenvalue weighted by Gasteiger charge is 2.39. The van der Waals surface area contributed by atoms with Crippen molar-refractivity contribution in [2.24, 2.45) is 0 Å². The topological polar surface area (TPSA) is 98.1 Å². The quantitative estimate of drug-likeness (QED) is 0.550. The van der Waals surface area contributed by atoms with E-state index in [0.29, 0.717) is 13.1 Å². The van der Waals surface area contributed by atoms with E-state index in [1.807, 2.05) is 0 Å². The fourth-order valence-electron chi connectivity index (χ4n) is 1.08. The van der Waals surface area contributed by atoms with E-state index < -0.39 is 19.3 Å². The number of carboxylic acids is 1. The van der Waals surface area contributed by atoms with Gasteiger partial charge in [0.25, 0.3) is 0 Å². The Balaban J connectivity index is 4.80. The van der Waals surface area contributed by atoms with Gasteiger partial charge in [-0.05, 0) is 13.1 Å². The first-order valence-corrected chi connectivity index (χ1v) is 5.54. The molecule has 0 spiro atoms. The van der Waals surface area contributed by atoms with Crippen LogP contribution in [0.15, 0.2) is 0 Å². The number of aliphatic carboxylic acids is 1. The minimum Gasteiger partial charge on any atom is -0.480 e. The maximum atomic E-state index is 10.8. The molecular weight excluding hydrogens is 197 g/mol. The standard InChI is InChI=1S/C6H14NO5P/c1-3-7(4-2)5(6(8)9)13(10,11)12/h5H,3-4H2,1-2H3,(H,8,9)(H2,10,11,12). The number of rotatable bonds is 5. The summed E-state index contributed by atoms with van der Waals surface area (Å²) in [5, 5.41) is 8.61. The monoisotopic (exact) mass is 211 g/mol. The summed E-state index contributed by atoms with van der Waals surface area (Å²) in [6.45, 7) is 3.88. The van der Waals surface area contributed by atoms with Crippen LogP contribution < -0.4 is 0 Å². The smallest absolute Gasteiger partial charge is 0.354 e. The molecule has 13 heavy (non-hydrogen) atoms. The number of carboxylic acid groups (broad SMARTS) is 1. The van der Waals surface area contributed by atoms with Gasteiger partial charge in [-0.15, -0.1) is 0 Å². The number of hydrogen-bond acceptors (Lipinski definition) is 3. The SMILES string of the molecule is CCN(CC)C(C(=O)O)P(=O)(O)O. The Hall–Kier alpha value is -0.420. The van der Waals surface area contributed by atoms with Crippen molar-refractivity contribution in [3.05, 3.63) is 0 Å². The molecule has 0 rings (SSSR count). The molecule has 0 bridgehead atoms. The highest BCUT2D eigenvalue weighted by molar-refractivity contribution is 7.53. The van der Waals surface area contributed by atoms with E-state index in [2.05, 4.69) is 0 Å². The lowest BCUT2D eigenvalue weighted by Crippen LogP contribution is -2.40. The van der Waals surface area contributed by atoms with E-state index in [9.17, 15) is 9.36 Å². The van der Waals surface area contributed by atoms with Crippen LogP contribution in [0.2, 0.25) is 0 Å². The molecule has 78 valence electrons. The van der Waals surface area contributed by atoms with Crippen molar-refractivity contribution in [3.8, 4) is 0 Å². The van der Waals surface area contributed by atoms with Crippen LogP contribution in [0.1, 0.15) is 13.8 Å². The van der Waals surface area contributed by atoms with Crippen molar-refractivity contribution >= 4 is 13.6 Å². The Morgan fingerprint density at radius 1 is 1.38 bits per heavy atom. The predicted molar refractivity (Wildman–Crippen MR) is 46.4 cm³/mol. The molecule has 0 heterocycles. The molecule has 0 saturated heterocycles. The zero-order chi connectivity index (χ0) is 10.6. The normalized spacial score (nSPS) is 14.5. The third-order valence-electron chi connectivity index (χ3n) is 1.70. The molecule has 0 radical (unpaired) electrons. The van der Waals surface area contributed by atoms with Crippen molar-refractivity contribution in [2.45, 2.75) is 19.6 Å². The summed E-state index contributed by atoms with van der Waals surface area (Å²) in [6, 6.07) is 0. The molecule has 0 saturated carbocycles. The largest absolute Gasteiger partial charge is 0.480 e. The molecule has 3 N–H and O–H groups in total. The van der Waals surface area contributed by atoms with Gasteiger partial charge in [0.2, 0.25) is 5.78 Å². The maximum Gasteiger partial charge on any atom is 0.354 e. The first kappa shape index (κ1) is 12.6. The fraction of sp³-hybridized carbons (Fsp3) is 0.833. The second kappa shape index (κ2) is 4.72. The molecule has 0 fully saturated rings. The molecule has 7 heteroatoms. The molecule has 0 aliphatic carbocycles. The van der Waals surface area contributed by atoms with Gasteiger partial charge in [0.15, 0.2) is 0 Å². The molecule has 1 atom stereocenters. The third-order valence-corrected chi connectivity index (χ3v) is 2.88. The lowest BCUT2D eigenvalue weighted by Gasteiger charge is -2.26. The molecule has 0 aromatic rings. The van der Waals surface area contributed by atoms with E-state index in [-0.39, 0.29) is 0 Å². The lowest BCUT2D eigenvalue weighted by atomic mass is 10.5. The highest BCUT2D eigenvalue weighted by atomic mass is 31.2. The second-order valence-electron chi connectivity index (χ2n) is 2.52. The van der Waals surface area contributed by atoms with Crippen LogP contribution in [-0.4, -0.2) is 44.6 Å². The Morgan fingerprint density at radius 3 is 1.85 bits per heavy atom. The van der Waals surface area contributed by atoms with Crippen LogP contribution >= 0.6 is 7.60 Å². The van der Waals surface area contributed by atoms with Crippen LogP contribution in [0.3, 0.4) is 0 Å². The van der Waals surface area contributed by atoms with E-state index in [4.69, 9.17) is 14.9 Å². The van der Waals surface area contributed by atoms with Gasteiger partial charge in [0, 0.05) is 0 Å². The number of nitrogens with zero attached hydrogens (tertiary/aromatic N) is 1. The van der Waals surface area contributed by atoms with E-state index in [1.54, 1.807) is 13.8 Å². The molecule has 0 aliphatic rings. The van der Waals surface area contributed by atoms with Gasteiger partial charge in [0.1, 0.15) is 0 Å². The third kappa shape index (κ3) is 3.44. The van der Waals surface area contributed by atoms with Crippen molar-refractivity contribution in [2.75, 3.05) is 13.1 Å². The van der Waals surface area contributed by atoms with Crippen LogP contribution in [0, 0.1) is 0 Å². The molecule has 1 unspecified atom stereocenters. The Labute approximate surface area is 76.3 Å². The molecule has 0 aromatic heterocycles. The Kier molecular flexibility index (Phi) is 4.56. The van der Waals surface area contributed by atoms with E-state index >= 15 is 0 Å². The van der Waals surface area contributed by atoms with Crippen molar-refractivity contribution in [3.63, 3.8) is 0 Å². The van der Waals surface area contributed by atoms with Gasteiger partial charge < -0.3 is 14.9 Å². The number of carbonyl (C=O) groups is 1. The average molecular weight is 211 g/mol. The van der Waals surface area contributed by atoms with Gasteiger partial charge in [0.05, 0.1) is 0 Å². The second-order valence-corrected chi connectivity index (χ2v) is 4.19. The first-order chi connectivity index (χ1) is 5.84. The minimum atomic E-state index is -4.59. The summed E-state index contributed by atoms with van der Waals surface area (Å²) in [5.74, 6) is -3.21. The molecule has 0 aliphatic heterocycles. The highest BCUT2D eigenvalue weighted by Crippen LogP contribution is 2.42. The number of likely N-dealkylation sites (N-methyl/N-ethyl adjacent to an activating group) is 1. The van der Waals surface area contributed by atoms with Crippen molar-refractivity contribution in [1.29, 1.82) is 0 Å². The van der Waals surface area contributed by atoms with Crippen molar-refractivity contribution < 1.29 is 24.3 Å². The zero-order valence-corrected chi connectivity index (χ0v) is 8.44. The summed E-state index contributed by atoms with van der Waals surface area (Å²) < 4.78 is 10.8. The molecule has 0 amide bonds. The van der Waals surface area contributed by atoms with Gasteiger partial charge in [-0.25, -0.2) is 4.79 Å². The first-order valence-electron chi connectivity index (χ1n) is 3.86. The van der Waals surface area contributed by atoms with Crippen LogP contribution in [0.25, 0.3) is 0 Å². The molecular formula is C6H14NO5P. The Morgan fingerprint density at radius 2 is 1.77 bits per heavy atom. The van der Waals surface area contributed by atoms with Gasteiger partial charge in [-0.3, -0.25) is 9.46 Å². The van der Waals surface area contributed by atoms with Gasteiger partial charge in [-0.2, -0.15) is 0 Å². The molecule has 0 aromatic carbocycles. The van der Waals surface area contributed by atoms with Crippen molar-refractivity contribution in [1.82, 2.24) is 4.90 Å². The zero-order valence-electron chi connectivity index (χ0n) is 7.54. The fourth-order valence-corrected chi connectivity index (χ4v) is 2.12. The maximum absolute atomic E-state index is 10.8. The van der Waals surface area contributed by atoms with Gasteiger partial charge >= 0.3 is 13.6 Å². The Bertz CT molecular complexity index is 221. The predicted octanol–water partition coefficient (Wildman–Crippen LogP) is -0.0834. The summed E-state index contributed by atoms with van der Waals surface area (Å²) in [6.07, 6.45) is 0. The summed E-state index contributed by atoms with van der Waals surface area (Å²) in [4.78, 5) is 29.3. The minimum absolute atomic E-state index is 0.290. The van der Waals surface area contributed by atoms with Crippen LogP contribution in [0.4, 0.5) is 0 Å². The average Bonchev–Trinajstić information content (AvgIpc) is 1.96. The molecule has 6 nitrogen and oxygen atoms in total. The summed E-state index contributed by atoms with van der Waals surface area (Å²) in [7, 11) is -4.59. The van der Waals surface area contributed by atoms with E-state index in [0.717, 1.165) is 0 Å².